The minimum absolute atomic E-state index is 0.0725. The molecule has 0 radical (unpaired) electrons. The van der Waals surface area contributed by atoms with Crippen LogP contribution in [-0.2, 0) is 4.43 Å². The molecule has 5 heteroatoms. The van der Waals surface area contributed by atoms with Gasteiger partial charge in [-0.25, -0.2) is 0 Å². The predicted octanol–water partition coefficient (Wildman–Crippen LogP) is 6.95. The first-order valence-corrected chi connectivity index (χ1v) is 12.0. The number of halogens is 3. The Morgan fingerprint density at radius 3 is 2.40 bits per heavy atom. The summed E-state index contributed by atoms with van der Waals surface area (Å²) in [4.78, 5) is 0. The SMILES string of the molecule is CC(C)(C)[Si](C)(C)OC(CCBr)c1cccc(Cl)c1Br. The second kappa shape index (κ2) is 7.27. The fraction of sp³-hybridized carbons (Fsp3) is 0.600. The van der Waals surface area contributed by atoms with Crippen LogP contribution >= 0.6 is 43.5 Å². The quantitative estimate of drug-likeness (QED) is 0.354. The fourth-order valence-electron chi connectivity index (χ4n) is 1.68. The summed E-state index contributed by atoms with van der Waals surface area (Å²) in [6.45, 7) is 11.4. The zero-order chi connectivity index (χ0) is 15.6. The maximum absolute atomic E-state index is 6.58. The van der Waals surface area contributed by atoms with Crippen LogP contribution in [0.4, 0.5) is 0 Å². The molecule has 0 saturated heterocycles. The van der Waals surface area contributed by atoms with E-state index in [-0.39, 0.29) is 11.1 Å². The molecule has 0 aliphatic carbocycles. The van der Waals surface area contributed by atoms with Crippen LogP contribution in [0.15, 0.2) is 22.7 Å². The number of hydrogen-bond donors (Lipinski definition) is 0. The molecular formula is C15H23Br2ClOSi. The molecule has 1 aromatic rings. The lowest BCUT2D eigenvalue weighted by molar-refractivity contribution is 0.180. The first-order valence-electron chi connectivity index (χ1n) is 6.78. The Morgan fingerprint density at radius 2 is 1.90 bits per heavy atom. The summed E-state index contributed by atoms with van der Waals surface area (Å²) in [5, 5.41) is 1.84. The molecule has 0 heterocycles. The summed E-state index contributed by atoms with van der Waals surface area (Å²) in [5.74, 6) is 0. The number of rotatable bonds is 5. The average molecular weight is 443 g/mol. The van der Waals surface area contributed by atoms with Gasteiger partial charge in [-0.2, -0.15) is 0 Å². The first-order chi connectivity index (χ1) is 9.10. The highest BCUT2D eigenvalue weighted by molar-refractivity contribution is 9.10. The topological polar surface area (TPSA) is 9.23 Å². The molecule has 1 aromatic carbocycles. The lowest BCUT2D eigenvalue weighted by atomic mass is 10.1. The van der Waals surface area contributed by atoms with Gasteiger partial charge >= 0.3 is 0 Å². The zero-order valence-corrected chi connectivity index (χ0v) is 17.7. The molecule has 0 spiro atoms. The third-order valence-corrected chi connectivity index (χ3v) is 10.3. The van der Waals surface area contributed by atoms with Crippen molar-refractivity contribution < 1.29 is 4.43 Å². The normalized spacial score (nSPS) is 14.4. The van der Waals surface area contributed by atoms with Gasteiger partial charge in [-0.3, -0.25) is 0 Å². The second-order valence-corrected chi connectivity index (χ2v) is 13.2. The summed E-state index contributed by atoms with van der Waals surface area (Å²) in [7, 11) is -1.81. The van der Waals surface area contributed by atoms with E-state index in [0.29, 0.717) is 0 Å². The van der Waals surface area contributed by atoms with E-state index < -0.39 is 8.32 Å². The van der Waals surface area contributed by atoms with E-state index in [1.165, 1.54) is 0 Å². The van der Waals surface area contributed by atoms with E-state index in [9.17, 15) is 0 Å². The molecule has 0 N–H and O–H groups in total. The zero-order valence-electron chi connectivity index (χ0n) is 12.8. The molecule has 0 aliphatic heterocycles. The van der Waals surface area contributed by atoms with E-state index in [2.05, 4.69) is 71.8 Å². The van der Waals surface area contributed by atoms with Crippen LogP contribution in [0.25, 0.3) is 0 Å². The molecule has 0 bridgehead atoms. The van der Waals surface area contributed by atoms with Gasteiger partial charge in [-0.1, -0.05) is 60.4 Å². The summed E-state index contributed by atoms with van der Waals surface area (Å²) < 4.78 is 7.54. The first kappa shape index (κ1) is 18.7. The van der Waals surface area contributed by atoms with Gasteiger partial charge in [-0.15, -0.1) is 0 Å². The Bertz CT molecular complexity index is 458. The third kappa shape index (κ3) is 4.57. The molecule has 0 aromatic heterocycles. The lowest BCUT2D eigenvalue weighted by Gasteiger charge is -2.39. The summed E-state index contributed by atoms with van der Waals surface area (Å²) in [6.07, 6.45) is 1.01. The Kier molecular flexibility index (Phi) is 6.80. The molecule has 114 valence electrons. The largest absolute Gasteiger partial charge is 0.410 e. The number of benzene rings is 1. The van der Waals surface area contributed by atoms with Gasteiger partial charge in [0.1, 0.15) is 0 Å². The van der Waals surface area contributed by atoms with Crippen molar-refractivity contribution in [1.29, 1.82) is 0 Å². The van der Waals surface area contributed by atoms with Crippen LogP contribution in [-0.4, -0.2) is 13.6 Å². The molecule has 0 amide bonds. The highest BCUT2D eigenvalue weighted by Crippen LogP contribution is 2.42. The van der Waals surface area contributed by atoms with Crippen molar-refractivity contribution in [2.75, 3.05) is 5.33 Å². The van der Waals surface area contributed by atoms with E-state index in [1.54, 1.807) is 0 Å². The highest BCUT2D eigenvalue weighted by Gasteiger charge is 2.39. The summed E-state index contributed by atoms with van der Waals surface area (Å²) in [6, 6.07) is 5.97. The van der Waals surface area contributed by atoms with Crippen LogP contribution in [0, 0.1) is 0 Å². The molecule has 1 unspecified atom stereocenters. The Hall–Kier alpha value is 0.647. The van der Waals surface area contributed by atoms with Gasteiger partial charge in [0.05, 0.1) is 11.1 Å². The summed E-state index contributed by atoms with van der Waals surface area (Å²) >= 11 is 13.3. The third-order valence-electron chi connectivity index (χ3n) is 3.94. The van der Waals surface area contributed by atoms with E-state index in [4.69, 9.17) is 16.0 Å². The van der Waals surface area contributed by atoms with E-state index in [0.717, 1.165) is 26.8 Å². The van der Waals surface area contributed by atoms with Crippen molar-refractivity contribution in [3.8, 4) is 0 Å². The van der Waals surface area contributed by atoms with Gasteiger partial charge in [0, 0.05) is 9.80 Å². The molecule has 0 aliphatic rings. The van der Waals surface area contributed by atoms with Crippen LogP contribution in [0.2, 0.25) is 23.2 Å². The molecule has 1 nitrogen and oxygen atoms in total. The van der Waals surface area contributed by atoms with Crippen molar-refractivity contribution >= 4 is 51.8 Å². The highest BCUT2D eigenvalue weighted by atomic mass is 79.9. The lowest BCUT2D eigenvalue weighted by Crippen LogP contribution is -2.42. The summed E-state index contributed by atoms with van der Waals surface area (Å²) in [5.41, 5.74) is 1.14. The van der Waals surface area contributed by atoms with Crippen LogP contribution in [0.3, 0.4) is 0 Å². The maximum atomic E-state index is 6.58. The standard InChI is InChI=1S/C15H23Br2ClOSi/c1-15(2,3)20(4,5)19-13(9-10-16)11-7-6-8-12(18)14(11)17/h6-8,13H,9-10H2,1-5H3. The smallest absolute Gasteiger partial charge is 0.192 e. The monoisotopic (exact) mass is 440 g/mol. The second-order valence-electron chi connectivity index (χ2n) is 6.49. The molecule has 1 rings (SSSR count). The Labute approximate surface area is 145 Å². The van der Waals surface area contributed by atoms with Crippen LogP contribution < -0.4 is 0 Å². The van der Waals surface area contributed by atoms with Crippen molar-refractivity contribution in [1.82, 2.24) is 0 Å². The fourth-order valence-corrected chi connectivity index (χ4v) is 4.11. The van der Waals surface area contributed by atoms with E-state index in [1.807, 2.05) is 12.1 Å². The number of hydrogen-bond acceptors (Lipinski definition) is 1. The molecule has 0 fully saturated rings. The van der Waals surface area contributed by atoms with Crippen molar-refractivity contribution in [3.63, 3.8) is 0 Å². The average Bonchev–Trinajstić information content (AvgIpc) is 2.30. The van der Waals surface area contributed by atoms with Crippen LogP contribution in [0.1, 0.15) is 38.9 Å². The van der Waals surface area contributed by atoms with Gasteiger partial charge in [-0.05, 0) is 52.1 Å². The van der Waals surface area contributed by atoms with Crippen molar-refractivity contribution in [3.05, 3.63) is 33.3 Å². The molecule has 20 heavy (non-hydrogen) atoms. The minimum atomic E-state index is -1.81. The molecule has 1 atom stereocenters. The van der Waals surface area contributed by atoms with Crippen LogP contribution in [0.5, 0.6) is 0 Å². The van der Waals surface area contributed by atoms with Gasteiger partial charge in [0.15, 0.2) is 8.32 Å². The van der Waals surface area contributed by atoms with Gasteiger partial charge in [0.25, 0.3) is 0 Å². The molecular weight excluding hydrogens is 420 g/mol. The van der Waals surface area contributed by atoms with Crippen molar-refractivity contribution in [2.45, 2.75) is 51.4 Å². The minimum Gasteiger partial charge on any atom is -0.410 e. The maximum Gasteiger partial charge on any atom is 0.192 e. The number of alkyl halides is 1. The predicted molar refractivity (Wildman–Crippen MR) is 98.6 cm³/mol. The Balaban J connectivity index is 3.10. The van der Waals surface area contributed by atoms with E-state index >= 15 is 0 Å². The van der Waals surface area contributed by atoms with Gasteiger partial charge < -0.3 is 4.43 Å². The molecule has 0 saturated carbocycles. The Morgan fingerprint density at radius 1 is 1.30 bits per heavy atom. The van der Waals surface area contributed by atoms with Gasteiger partial charge in [0.2, 0.25) is 0 Å². The van der Waals surface area contributed by atoms with Crippen molar-refractivity contribution in [2.24, 2.45) is 0 Å².